The molecule has 0 saturated heterocycles. The van der Waals surface area contributed by atoms with Gasteiger partial charge in [-0.2, -0.15) is 5.10 Å². The second kappa shape index (κ2) is 6.52. The van der Waals surface area contributed by atoms with Crippen LogP contribution in [0.3, 0.4) is 0 Å². The molecular formula is C20H21FN4O. The largest absolute Gasteiger partial charge is 0.352 e. The van der Waals surface area contributed by atoms with Crippen LogP contribution in [0.15, 0.2) is 30.3 Å². The number of nitrogens with one attached hydrogen (secondary N) is 1. The van der Waals surface area contributed by atoms with Crippen LogP contribution in [-0.4, -0.2) is 27.2 Å². The van der Waals surface area contributed by atoms with Gasteiger partial charge in [0.05, 0.1) is 16.6 Å². The Morgan fingerprint density at radius 3 is 2.85 bits per heavy atom. The Labute approximate surface area is 151 Å². The molecule has 0 atom stereocenters. The maximum atomic E-state index is 13.7. The molecule has 2 heterocycles. The molecule has 0 aliphatic heterocycles. The van der Waals surface area contributed by atoms with Crippen LogP contribution in [-0.2, 0) is 13.5 Å². The number of aromatic nitrogens is 3. The zero-order chi connectivity index (χ0) is 18.3. The average Bonchev–Trinajstić information content (AvgIpc) is 3.43. The fourth-order valence-electron chi connectivity index (χ4n) is 3.34. The van der Waals surface area contributed by atoms with E-state index in [0.29, 0.717) is 30.0 Å². The van der Waals surface area contributed by atoms with Crippen LogP contribution < -0.4 is 5.32 Å². The number of benzene rings is 1. The molecule has 134 valence electrons. The van der Waals surface area contributed by atoms with Crippen molar-refractivity contribution < 1.29 is 9.18 Å². The molecule has 0 unspecified atom stereocenters. The van der Waals surface area contributed by atoms with E-state index >= 15 is 0 Å². The number of pyridine rings is 1. The zero-order valence-electron chi connectivity index (χ0n) is 14.9. The van der Waals surface area contributed by atoms with Crippen LogP contribution in [0.1, 0.15) is 46.1 Å². The Morgan fingerprint density at radius 1 is 1.35 bits per heavy atom. The predicted octanol–water partition coefficient (Wildman–Crippen LogP) is 3.27. The molecule has 26 heavy (non-hydrogen) atoms. The van der Waals surface area contributed by atoms with E-state index in [2.05, 4.69) is 10.4 Å². The van der Waals surface area contributed by atoms with E-state index in [1.54, 1.807) is 22.9 Å². The highest BCUT2D eigenvalue weighted by Crippen LogP contribution is 2.40. The fraction of sp³-hybridized carbons (Fsp3) is 0.350. The lowest BCUT2D eigenvalue weighted by molar-refractivity contribution is 0.0955. The van der Waals surface area contributed by atoms with Crippen LogP contribution in [0.5, 0.6) is 0 Å². The third kappa shape index (κ3) is 3.07. The predicted molar refractivity (Wildman–Crippen MR) is 97.7 cm³/mol. The quantitative estimate of drug-likeness (QED) is 0.767. The van der Waals surface area contributed by atoms with E-state index in [1.165, 1.54) is 6.07 Å². The number of nitrogens with zero attached hydrogens (tertiary/aromatic N) is 3. The third-order valence-electron chi connectivity index (χ3n) is 4.87. The van der Waals surface area contributed by atoms with Gasteiger partial charge >= 0.3 is 0 Å². The molecule has 2 aromatic heterocycles. The van der Waals surface area contributed by atoms with E-state index in [9.17, 15) is 9.18 Å². The smallest absolute Gasteiger partial charge is 0.252 e. The van der Waals surface area contributed by atoms with Gasteiger partial charge in [-0.1, -0.05) is 18.2 Å². The van der Waals surface area contributed by atoms with E-state index < -0.39 is 0 Å². The van der Waals surface area contributed by atoms with Gasteiger partial charge in [-0.3, -0.25) is 9.48 Å². The molecule has 3 aromatic rings. The van der Waals surface area contributed by atoms with Crippen LogP contribution in [0, 0.1) is 12.7 Å². The zero-order valence-corrected chi connectivity index (χ0v) is 14.9. The standard InChI is InChI=1S/C20H21FN4O/c1-12-18-15(11-17(14-7-8-14)23-19(18)25(2)24-12)20(26)22-10-9-13-5-3-4-6-16(13)21/h3-6,11,14H,7-10H2,1-2H3,(H,22,26). The summed E-state index contributed by atoms with van der Waals surface area (Å²) in [6.07, 6.45) is 2.68. The van der Waals surface area contributed by atoms with Gasteiger partial charge in [0.2, 0.25) is 0 Å². The summed E-state index contributed by atoms with van der Waals surface area (Å²) in [7, 11) is 1.85. The van der Waals surface area contributed by atoms with E-state index in [1.807, 2.05) is 20.0 Å². The van der Waals surface area contributed by atoms with Crippen molar-refractivity contribution in [1.29, 1.82) is 0 Å². The van der Waals surface area contributed by atoms with Gasteiger partial charge in [0.15, 0.2) is 5.65 Å². The summed E-state index contributed by atoms with van der Waals surface area (Å²) >= 11 is 0. The number of rotatable bonds is 5. The lowest BCUT2D eigenvalue weighted by Crippen LogP contribution is -2.26. The van der Waals surface area contributed by atoms with Crippen molar-refractivity contribution in [3.05, 3.63) is 58.7 Å². The first-order valence-electron chi connectivity index (χ1n) is 8.90. The minimum Gasteiger partial charge on any atom is -0.352 e. The topological polar surface area (TPSA) is 59.8 Å². The Balaban J connectivity index is 1.59. The highest BCUT2D eigenvalue weighted by atomic mass is 19.1. The summed E-state index contributed by atoms with van der Waals surface area (Å²) in [5.74, 6) is 0.0403. The molecule has 1 aromatic carbocycles. The molecule has 6 heteroatoms. The van der Waals surface area contributed by atoms with Crippen molar-refractivity contribution in [2.75, 3.05) is 6.54 Å². The highest BCUT2D eigenvalue weighted by Gasteiger charge is 2.28. The Morgan fingerprint density at radius 2 is 2.12 bits per heavy atom. The van der Waals surface area contributed by atoms with Crippen LogP contribution in [0.4, 0.5) is 4.39 Å². The number of aryl methyl sites for hydroxylation is 2. The fourth-order valence-corrected chi connectivity index (χ4v) is 3.34. The van der Waals surface area contributed by atoms with Gasteiger partial charge in [0, 0.05) is 25.2 Å². The molecular weight excluding hydrogens is 331 g/mol. The summed E-state index contributed by atoms with van der Waals surface area (Å²) in [6, 6.07) is 8.53. The Bertz CT molecular complexity index is 991. The molecule has 1 aliphatic rings. The average molecular weight is 352 g/mol. The summed E-state index contributed by atoms with van der Waals surface area (Å²) in [5, 5.41) is 8.13. The summed E-state index contributed by atoms with van der Waals surface area (Å²) in [5.41, 5.74) is 3.70. The van der Waals surface area contributed by atoms with Gasteiger partial charge in [0.25, 0.3) is 5.91 Å². The molecule has 1 aliphatic carbocycles. The molecule has 4 rings (SSSR count). The normalized spacial score (nSPS) is 14.0. The van der Waals surface area contributed by atoms with Gasteiger partial charge in [-0.15, -0.1) is 0 Å². The van der Waals surface area contributed by atoms with Crippen molar-refractivity contribution >= 4 is 16.9 Å². The number of fused-ring (bicyclic) bond motifs is 1. The maximum absolute atomic E-state index is 13.7. The first-order chi connectivity index (χ1) is 12.5. The van der Waals surface area contributed by atoms with Crippen molar-refractivity contribution in [1.82, 2.24) is 20.1 Å². The van der Waals surface area contributed by atoms with E-state index in [0.717, 1.165) is 35.3 Å². The summed E-state index contributed by atoms with van der Waals surface area (Å²) in [6.45, 7) is 2.26. The second-order valence-electron chi connectivity index (χ2n) is 6.87. The lowest BCUT2D eigenvalue weighted by atomic mass is 10.1. The van der Waals surface area contributed by atoms with Crippen LogP contribution >= 0.6 is 0 Å². The SMILES string of the molecule is Cc1nn(C)c2nc(C3CC3)cc(C(=O)NCCc3ccccc3F)c12. The summed E-state index contributed by atoms with van der Waals surface area (Å²) < 4.78 is 15.4. The molecule has 1 fully saturated rings. The lowest BCUT2D eigenvalue weighted by Gasteiger charge is -2.09. The van der Waals surface area contributed by atoms with E-state index in [4.69, 9.17) is 4.98 Å². The molecule has 1 saturated carbocycles. The number of amides is 1. The van der Waals surface area contributed by atoms with Crippen molar-refractivity contribution in [2.45, 2.75) is 32.1 Å². The van der Waals surface area contributed by atoms with Crippen LogP contribution in [0.25, 0.3) is 11.0 Å². The number of hydrogen-bond acceptors (Lipinski definition) is 3. The van der Waals surface area contributed by atoms with Gasteiger partial charge in [-0.05, 0) is 43.9 Å². The number of halogens is 1. The Kier molecular flexibility index (Phi) is 4.18. The summed E-state index contributed by atoms with van der Waals surface area (Å²) in [4.78, 5) is 17.5. The first-order valence-corrected chi connectivity index (χ1v) is 8.90. The highest BCUT2D eigenvalue weighted by molar-refractivity contribution is 6.06. The van der Waals surface area contributed by atoms with Crippen molar-refractivity contribution in [3.63, 3.8) is 0 Å². The van der Waals surface area contributed by atoms with Gasteiger partial charge in [-0.25, -0.2) is 9.37 Å². The van der Waals surface area contributed by atoms with Gasteiger partial charge in [0.1, 0.15) is 5.82 Å². The number of carbonyl (C=O) groups excluding carboxylic acids is 1. The molecule has 0 bridgehead atoms. The second-order valence-corrected chi connectivity index (χ2v) is 6.87. The van der Waals surface area contributed by atoms with Crippen LogP contribution in [0.2, 0.25) is 0 Å². The molecule has 1 amide bonds. The van der Waals surface area contributed by atoms with E-state index in [-0.39, 0.29) is 11.7 Å². The first kappa shape index (κ1) is 16.7. The monoisotopic (exact) mass is 352 g/mol. The molecule has 0 radical (unpaired) electrons. The maximum Gasteiger partial charge on any atom is 0.252 e. The minimum absolute atomic E-state index is 0.160. The third-order valence-corrected chi connectivity index (χ3v) is 4.87. The minimum atomic E-state index is -0.243. The van der Waals surface area contributed by atoms with Gasteiger partial charge < -0.3 is 5.32 Å². The molecule has 5 nitrogen and oxygen atoms in total. The molecule has 1 N–H and O–H groups in total. The Hall–Kier alpha value is -2.76. The van der Waals surface area contributed by atoms with Crippen molar-refractivity contribution in [2.24, 2.45) is 7.05 Å². The number of hydrogen-bond donors (Lipinski definition) is 1. The molecule has 0 spiro atoms. The number of carbonyl (C=O) groups is 1. The van der Waals surface area contributed by atoms with Crippen molar-refractivity contribution in [3.8, 4) is 0 Å².